The minimum absolute atomic E-state index is 0.0245. The summed E-state index contributed by atoms with van der Waals surface area (Å²) in [6, 6.07) is 7.77. The highest BCUT2D eigenvalue weighted by molar-refractivity contribution is 6.00. The first-order chi connectivity index (χ1) is 16.9. The van der Waals surface area contributed by atoms with E-state index < -0.39 is 0 Å². The number of anilines is 1. The molecule has 4 rings (SSSR count). The van der Waals surface area contributed by atoms with Crippen LogP contribution in [0.15, 0.2) is 36.8 Å². The topological polar surface area (TPSA) is 125 Å². The second kappa shape index (κ2) is 10.6. The highest BCUT2D eigenvalue weighted by Crippen LogP contribution is 2.26. The van der Waals surface area contributed by atoms with Gasteiger partial charge in [0.05, 0.1) is 16.8 Å². The molecule has 0 spiro atoms. The van der Waals surface area contributed by atoms with Gasteiger partial charge in [-0.3, -0.25) is 14.2 Å². The van der Waals surface area contributed by atoms with E-state index in [4.69, 9.17) is 5.26 Å². The average molecular weight is 474 g/mol. The maximum absolute atomic E-state index is 13.2. The summed E-state index contributed by atoms with van der Waals surface area (Å²) in [6.45, 7) is 6.59. The number of pyridine rings is 2. The molecule has 3 heterocycles. The van der Waals surface area contributed by atoms with Gasteiger partial charge in [-0.1, -0.05) is 0 Å². The van der Waals surface area contributed by atoms with Crippen molar-refractivity contribution in [2.75, 3.05) is 11.9 Å². The van der Waals surface area contributed by atoms with Crippen LogP contribution >= 0.6 is 0 Å². The summed E-state index contributed by atoms with van der Waals surface area (Å²) in [7, 11) is 0. The number of aromatic nitrogens is 3. The predicted octanol–water partition coefficient (Wildman–Crippen LogP) is 3.54. The fourth-order valence-electron chi connectivity index (χ4n) is 4.54. The number of nitrogens with zero attached hydrogens (tertiary/aromatic N) is 4. The fourth-order valence-corrected chi connectivity index (χ4v) is 4.54. The second-order valence-corrected chi connectivity index (χ2v) is 9.24. The average Bonchev–Trinajstić information content (AvgIpc) is 3.27. The predicted molar refractivity (Wildman–Crippen MR) is 134 cm³/mol. The number of nitrogens with one attached hydrogen (secondary N) is 3. The molecule has 0 atom stereocenters. The minimum Gasteiger partial charge on any atom is -0.382 e. The van der Waals surface area contributed by atoms with Gasteiger partial charge in [-0.05, 0) is 58.6 Å². The lowest BCUT2D eigenvalue weighted by Gasteiger charge is -2.28. The molecule has 9 heteroatoms. The zero-order valence-corrected chi connectivity index (χ0v) is 20.3. The van der Waals surface area contributed by atoms with Gasteiger partial charge in [-0.2, -0.15) is 5.26 Å². The van der Waals surface area contributed by atoms with Crippen LogP contribution in [0.5, 0.6) is 0 Å². The van der Waals surface area contributed by atoms with Crippen molar-refractivity contribution >= 4 is 28.5 Å². The summed E-state index contributed by atoms with van der Waals surface area (Å²) in [6.07, 6.45) is 8.07. The number of carbonyl (C=O) groups is 2. The molecule has 9 nitrogen and oxygen atoms in total. The van der Waals surface area contributed by atoms with Crippen LogP contribution in [0.3, 0.4) is 0 Å². The number of hydrogen-bond acceptors (Lipinski definition) is 6. The summed E-state index contributed by atoms with van der Waals surface area (Å²) in [4.78, 5) is 34.3. The first-order valence-electron chi connectivity index (χ1n) is 12.1. The van der Waals surface area contributed by atoms with Gasteiger partial charge < -0.3 is 16.0 Å². The van der Waals surface area contributed by atoms with E-state index in [1.165, 1.54) is 6.20 Å². The molecule has 1 aliphatic rings. The molecule has 1 fully saturated rings. The van der Waals surface area contributed by atoms with Gasteiger partial charge in [0.1, 0.15) is 17.5 Å². The molecule has 0 bridgehead atoms. The Morgan fingerprint density at radius 3 is 2.63 bits per heavy atom. The lowest BCUT2D eigenvalue weighted by Crippen LogP contribution is -2.41. The Morgan fingerprint density at radius 2 is 1.94 bits per heavy atom. The zero-order chi connectivity index (χ0) is 24.9. The number of carbonyl (C=O) groups excluding carboxylic acids is 2. The van der Waals surface area contributed by atoms with Crippen molar-refractivity contribution < 1.29 is 9.59 Å². The van der Waals surface area contributed by atoms with Gasteiger partial charge in [0.2, 0.25) is 5.91 Å². The van der Waals surface area contributed by atoms with Crippen LogP contribution in [0.25, 0.3) is 16.9 Å². The van der Waals surface area contributed by atoms with Crippen molar-refractivity contribution in [2.45, 2.75) is 58.5 Å². The van der Waals surface area contributed by atoms with Gasteiger partial charge in [0.15, 0.2) is 0 Å². The number of rotatable bonds is 7. The van der Waals surface area contributed by atoms with Gasteiger partial charge in [-0.15, -0.1) is 0 Å². The van der Waals surface area contributed by atoms with Crippen LogP contribution in [0.4, 0.5) is 5.69 Å². The molecular weight excluding hydrogens is 442 g/mol. The van der Waals surface area contributed by atoms with Crippen LogP contribution in [0.2, 0.25) is 0 Å². The van der Waals surface area contributed by atoms with Crippen molar-refractivity contribution in [1.82, 2.24) is 25.2 Å². The van der Waals surface area contributed by atoms with E-state index in [1.807, 2.05) is 43.7 Å². The highest BCUT2D eigenvalue weighted by Gasteiger charge is 2.27. The molecule has 3 N–H and O–H groups in total. The van der Waals surface area contributed by atoms with Gasteiger partial charge >= 0.3 is 0 Å². The fraction of sp³-hybridized carbons (Fsp3) is 0.423. The molecule has 0 unspecified atom stereocenters. The summed E-state index contributed by atoms with van der Waals surface area (Å²) in [5.74, 6) is 0.579. The molecule has 35 heavy (non-hydrogen) atoms. The Bertz CT molecular complexity index is 1270. The van der Waals surface area contributed by atoms with Crippen molar-refractivity contribution in [3.63, 3.8) is 0 Å². The lowest BCUT2D eigenvalue weighted by atomic mass is 9.85. The monoisotopic (exact) mass is 473 g/mol. The zero-order valence-electron chi connectivity index (χ0n) is 20.3. The quantitative estimate of drug-likeness (QED) is 0.482. The smallest absolute Gasteiger partial charge is 0.255 e. The normalized spacial score (nSPS) is 17.7. The molecule has 1 saturated carbocycles. The summed E-state index contributed by atoms with van der Waals surface area (Å²) in [5, 5.41) is 19.4. The number of hydrogen-bond donors (Lipinski definition) is 3. The van der Waals surface area contributed by atoms with E-state index in [-0.39, 0.29) is 29.8 Å². The SMILES string of the molecule is CCNC(=O)C1CCC(NC(=O)c2cnc(-n3ccc4cc(C#N)cnc43)cc2NC(C)C)CC1. The summed E-state index contributed by atoms with van der Waals surface area (Å²) < 4.78 is 1.84. The second-order valence-electron chi connectivity index (χ2n) is 9.24. The van der Waals surface area contributed by atoms with Crippen LogP contribution in [-0.4, -0.2) is 45.0 Å². The number of nitriles is 1. The maximum Gasteiger partial charge on any atom is 0.255 e. The van der Waals surface area contributed by atoms with E-state index in [0.29, 0.717) is 34.8 Å². The molecule has 182 valence electrons. The minimum atomic E-state index is -0.178. The first kappa shape index (κ1) is 24.2. The van der Waals surface area contributed by atoms with Crippen molar-refractivity contribution in [2.24, 2.45) is 5.92 Å². The molecule has 1 aliphatic carbocycles. The first-order valence-corrected chi connectivity index (χ1v) is 12.1. The van der Waals surface area contributed by atoms with Crippen molar-refractivity contribution in [3.05, 3.63) is 47.9 Å². The lowest BCUT2D eigenvalue weighted by molar-refractivity contribution is -0.125. The van der Waals surface area contributed by atoms with Crippen LogP contribution in [0.1, 0.15) is 62.4 Å². The molecule has 0 aliphatic heterocycles. The Morgan fingerprint density at radius 1 is 1.17 bits per heavy atom. The van der Waals surface area contributed by atoms with Crippen LogP contribution < -0.4 is 16.0 Å². The molecule has 0 aromatic carbocycles. The van der Waals surface area contributed by atoms with Crippen LogP contribution in [0, 0.1) is 17.2 Å². The Labute approximate surface area is 204 Å². The van der Waals surface area contributed by atoms with Gasteiger partial charge in [-0.25, -0.2) is 9.97 Å². The Hall–Kier alpha value is -3.93. The van der Waals surface area contributed by atoms with E-state index in [1.54, 1.807) is 12.3 Å². The Balaban J connectivity index is 1.53. The van der Waals surface area contributed by atoms with E-state index in [9.17, 15) is 9.59 Å². The van der Waals surface area contributed by atoms with E-state index >= 15 is 0 Å². The molecule has 2 amide bonds. The highest BCUT2D eigenvalue weighted by atomic mass is 16.2. The summed E-state index contributed by atoms with van der Waals surface area (Å²) in [5.41, 5.74) is 2.35. The number of amides is 2. The summed E-state index contributed by atoms with van der Waals surface area (Å²) >= 11 is 0. The number of fused-ring (bicyclic) bond motifs is 1. The maximum atomic E-state index is 13.2. The van der Waals surface area contributed by atoms with E-state index in [0.717, 1.165) is 31.1 Å². The molecular formula is C26H31N7O2. The van der Waals surface area contributed by atoms with Crippen molar-refractivity contribution in [3.8, 4) is 11.9 Å². The third-order valence-corrected chi connectivity index (χ3v) is 6.26. The van der Waals surface area contributed by atoms with Crippen molar-refractivity contribution in [1.29, 1.82) is 5.26 Å². The van der Waals surface area contributed by atoms with Gasteiger partial charge in [0.25, 0.3) is 5.91 Å². The largest absolute Gasteiger partial charge is 0.382 e. The molecule has 0 radical (unpaired) electrons. The third-order valence-electron chi connectivity index (χ3n) is 6.26. The van der Waals surface area contributed by atoms with Gasteiger partial charge in [0, 0.05) is 54.6 Å². The molecule has 3 aromatic heterocycles. The standard InChI is InChI=1S/C26H31N7O2/c1-4-28-25(34)18-5-7-20(8-6-18)32-26(35)21-15-29-23(12-22(21)31-16(2)3)33-10-9-19-11-17(13-27)14-30-24(19)33/h9-12,14-16,18,20H,4-8H2,1-3H3,(H,28,34)(H,29,31)(H,32,35). The van der Waals surface area contributed by atoms with Crippen LogP contribution in [-0.2, 0) is 4.79 Å². The molecule has 0 saturated heterocycles. The third kappa shape index (κ3) is 5.43. The molecule has 3 aromatic rings. The Kier molecular flexibility index (Phi) is 7.30. The van der Waals surface area contributed by atoms with E-state index in [2.05, 4.69) is 32.0 Å².